The first-order valence-electron chi connectivity index (χ1n) is 18.3. The average molecular weight is 692 g/mol. The zero-order valence-electron chi connectivity index (χ0n) is 31.7. The SMILES string of the molecule is CC.CCCC.CCC[C@H](NC(=O)[C@@H](NC(=O)CCOCCOCCOCCOCCN1C(=O)CCCC1=O)C(C)CC)C(=O)C(C)C.[HH].[HH]. The van der Waals surface area contributed by atoms with Crippen molar-refractivity contribution in [1.29, 1.82) is 0 Å². The van der Waals surface area contributed by atoms with Crippen LogP contribution in [-0.2, 0) is 42.9 Å². The maximum Gasteiger partial charge on any atom is 0.243 e. The number of hydrogen-bond donors (Lipinski definition) is 2. The summed E-state index contributed by atoms with van der Waals surface area (Å²) in [6.07, 6.45) is 6.22. The van der Waals surface area contributed by atoms with E-state index in [4.69, 9.17) is 18.9 Å². The van der Waals surface area contributed by atoms with E-state index < -0.39 is 12.1 Å². The van der Waals surface area contributed by atoms with Crippen molar-refractivity contribution in [1.82, 2.24) is 15.5 Å². The van der Waals surface area contributed by atoms with Crippen molar-refractivity contribution in [2.75, 3.05) is 59.4 Å². The highest BCUT2D eigenvalue weighted by Gasteiger charge is 2.30. The Bertz CT molecular complexity index is 864. The van der Waals surface area contributed by atoms with Crippen LogP contribution in [0.2, 0.25) is 0 Å². The zero-order chi connectivity index (χ0) is 36.7. The highest BCUT2D eigenvalue weighted by molar-refractivity contribution is 5.97. The Hall–Kier alpha value is -2.41. The lowest BCUT2D eigenvalue weighted by molar-refractivity contribution is -0.149. The third-order valence-electron chi connectivity index (χ3n) is 7.55. The summed E-state index contributed by atoms with van der Waals surface area (Å²) in [6, 6.07) is -1.28. The average Bonchev–Trinajstić information content (AvgIpc) is 3.08. The van der Waals surface area contributed by atoms with Crippen LogP contribution in [0, 0.1) is 11.8 Å². The summed E-state index contributed by atoms with van der Waals surface area (Å²) in [4.78, 5) is 62.7. The molecular formula is C36H73N3O9. The maximum absolute atomic E-state index is 13.0. The van der Waals surface area contributed by atoms with E-state index >= 15 is 0 Å². The van der Waals surface area contributed by atoms with Crippen molar-refractivity contribution in [3.05, 3.63) is 0 Å². The van der Waals surface area contributed by atoms with Gasteiger partial charge in [0.05, 0.1) is 65.4 Å². The Morgan fingerprint density at radius 1 is 0.729 bits per heavy atom. The van der Waals surface area contributed by atoms with E-state index in [9.17, 15) is 24.0 Å². The van der Waals surface area contributed by atoms with Gasteiger partial charge in [-0.05, 0) is 18.8 Å². The second-order valence-corrected chi connectivity index (χ2v) is 11.8. The number of piperidine rings is 1. The minimum atomic E-state index is -0.723. The Morgan fingerprint density at radius 2 is 1.21 bits per heavy atom. The number of carbonyl (C=O) groups excluding carboxylic acids is 5. The molecule has 12 heteroatoms. The molecule has 48 heavy (non-hydrogen) atoms. The Morgan fingerprint density at radius 3 is 1.65 bits per heavy atom. The third kappa shape index (κ3) is 23.0. The largest absolute Gasteiger partial charge is 0.379 e. The molecule has 0 spiro atoms. The van der Waals surface area contributed by atoms with Gasteiger partial charge in [0.15, 0.2) is 5.78 Å². The monoisotopic (exact) mass is 692 g/mol. The number of amides is 4. The van der Waals surface area contributed by atoms with Gasteiger partial charge in [0.25, 0.3) is 0 Å². The molecule has 1 heterocycles. The lowest BCUT2D eigenvalue weighted by Gasteiger charge is -2.27. The summed E-state index contributed by atoms with van der Waals surface area (Å²) in [7, 11) is 0. The molecular weight excluding hydrogens is 618 g/mol. The van der Waals surface area contributed by atoms with Crippen LogP contribution in [-0.4, -0.2) is 106 Å². The Kier molecular flexibility index (Phi) is 31.6. The first-order chi connectivity index (χ1) is 23.0. The first kappa shape index (κ1) is 47.7. The molecule has 0 aliphatic carbocycles. The maximum atomic E-state index is 13.0. The fourth-order valence-corrected chi connectivity index (χ4v) is 4.32. The van der Waals surface area contributed by atoms with Gasteiger partial charge >= 0.3 is 0 Å². The highest BCUT2D eigenvalue weighted by Crippen LogP contribution is 2.12. The molecule has 1 aliphatic rings. The van der Waals surface area contributed by atoms with Gasteiger partial charge < -0.3 is 29.6 Å². The first-order valence-corrected chi connectivity index (χ1v) is 18.3. The number of nitrogens with one attached hydrogen (secondary N) is 2. The van der Waals surface area contributed by atoms with Gasteiger partial charge in [-0.25, -0.2) is 0 Å². The van der Waals surface area contributed by atoms with Crippen LogP contribution in [0.1, 0.15) is 123 Å². The van der Waals surface area contributed by atoms with Gasteiger partial charge in [-0.3, -0.25) is 28.9 Å². The molecule has 1 fully saturated rings. The topological polar surface area (TPSA) is 150 Å². The van der Waals surface area contributed by atoms with Crippen molar-refractivity contribution in [3.8, 4) is 0 Å². The molecule has 3 atom stereocenters. The van der Waals surface area contributed by atoms with Crippen LogP contribution in [0.4, 0.5) is 0 Å². The van der Waals surface area contributed by atoms with Crippen LogP contribution >= 0.6 is 0 Å². The van der Waals surface area contributed by atoms with E-state index in [0.717, 1.165) is 6.42 Å². The molecule has 0 bridgehead atoms. The number of carbonyl (C=O) groups is 5. The quantitative estimate of drug-likeness (QED) is 0.0955. The van der Waals surface area contributed by atoms with Crippen LogP contribution in [0.5, 0.6) is 0 Å². The van der Waals surface area contributed by atoms with Crippen molar-refractivity contribution in [3.63, 3.8) is 0 Å². The van der Waals surface area contributed by atoms with Gasteiger partial charge in [-0.1, -0.05) is 88.0 Å². The Balaban J connectivity index is -0.00000123. The molecule has 0 radical (unpaired) electrons. The summed E-state index contributed by atoms with van der Waals surface area (Å²) < 4.78 is 21.8. The van der Waals surface area contributed by atoms with Gasteiger partial charge in [-0.2, -0.15) is 0 Å². The van der Waals surface area contributed by atoms with E-state index in [1.54, 1.807) is 0 Å². The standard InChI is InChI=1S/C30H53N3O9.C4H10.C2H6.2H2/c1-6-9-24(29(37)22(3)4)31-30(38)28(23(5)7-2)32-25(34)12-14-39-16-18-41-20-21-42-19-17-40-15-13-33-26(35)10-8-11-27(33)36;1-3-4-2;1-2;;/h22-24,28H,6-21H2,1-5H3,(H,31,38)(H,32,34);3-4H2,1-2H3;1-2H3;2*1H/t23?,24-,28-;;;;/m0..../s1. The second kappa shape index (κ2) is 31.8. The highest BCUT2D eigenvalue weighted by atomic mass is 16.6. The van der Waals surface area contributed by atoms with E-state index in [2.05, 4.69) is 24.5 Å². The molecule has 12 nitrogen and oxygen atoms in total. The van der Waals surface area contributed by atoms with Crippen molar-refractivity contribution in [2.45, 2.75) is 132 Å². The number of likely N-dealkylation sites (tertiary alicyclic amines) is 1. The summed E-state index contributed by atoms with van der Waals surface area (Å²) in [6.45, 7) is 20.7. The Labute approximate surface area is 294 Å². The summed E-state index contributed by atoms with van der Waals surface area (Å²) in [5, 5.41) is 5.67. The number of Topliss-reactive ketones (excluding diaryl/α,β-unsaturated/α-hetero) is 1. The van der Waals surface area contributed by atoms with E-state index in [0.29, 0.717) is 71.7 Å². The molecule has 1 saturated heterocycles. The zero-order valence-corrected chi connectivity index (χ0v) is 31.7. The van der Waals surface area contributed by atoms with E-state index in [1.807, 2.05) is 48.5 Å². The third-order valence-corrected chi connectivity index (χ3v) is 7.55. The number of imide groups is 1. The number of rotatable bonds is 25. The summed E-state index contributed by atoms with van der Waals surface area (Å²) >= 11 is 0. The molecule has 2 N–H and O–H groups in total. The lowest BCUT2D eigenvalue weighted by atomic mass is 9.95. The normalized spacial score (nSPS) is 14.7. The predicted octanol–water partition coefficient (Wildman–Crippen LogP) is 5.35. The fraction of sp³-hybridized carbons (Fsp3) is 0.861. The fourth-order valence-electron chi connectivity index (χ4n) is 4.32. The minimum absolute atomic E-state index is 0. The van der Waals surface area contributed by atoms with Crippen LogP contribution < -0.4 is 10.6 Å². The number of nitrogens with zero attached hydrogens (tertiary/aromatic N) is 1. The molecule has 0 aromatic rings. The number of ketones is 1. The van der Waals surface area contributed by atoms with Gasteiger partial charge in [-0.15, -0.1) is 0 Å². The van der Waals surface area contributed by atoms with Gasteiger partial charge in [0.1, 0.15) is 6.04 Å². The summed E-state index contributed by atoms with van der Waals surface area (Å²) in [5.41, 5.74) is 0. The lowest BCUT2D eigenvalue weighted by Crippen LogP contribution is -2.54. The molecule has 0 aromatic heterocycles. The summed E-state index contributed by atoms with van der Waals surface area (Å²) in [5.74, 6) is -1.18. The molecule has 4 amide bonds. The molecule has 1 rings (SSSR count). The predicted molar refractivity (Wildman–Crippen MR) is 193 cm³/mol. The minimum Gasteiger partial charge on any atom is -0.379 e. The van der Waals surface area contributed by atoms with Crippen molar-refractivity contribution >= 4 is 29.4 Å². The molecule has 1 aliphatic heterocycles. The van der Waals surface area contributed by atoms with Crippen molar-refractivity contribution in [2.24, 2.45) is 11.8 Å². The van der Waals surface area contributed by atoms with E-state index in [-0.39, 0.29) is 70.3 Å². The van der Waals surface area contributed by atoms with Crippen LogP contribution in [0.15, 0.2) is 0 Å². The van der Waals surface area contributed by atoms with Crippen LogP contribution in [0.25, 0.3) is 0 Å². The number of hydrogen-bond acceptors (Lipinski definition) is 9. The molecule has 286 valence electrons. The second-order valence-electron chi connectivity index (χ2n) is 11.8. The number of unbranched alkanes of at least 4 members (excludes halogenated alkanes) is 1. The number of ether oxygens (including phenoxy) is 4. The molecule has 1 unspecified atom stereocenters. The van der Waals surface area contributed by atoms with Crippen LogP contribution in [0.3, 0.4) is 0 Å². The van der Waals surface area contributed by atoms with E-state index in [1.165, 1.54) is 17.7 Å². The molecule has 0 aromatic carbocycles. The van der Waals surface area contributed by atoms with Gasteiger partial charge in [0.2, 0.25) is 23.6 Å². The molecule has 0 saturated carbocycles. The van der Waals surface area contributed by atoms with Gasteiger partial charge in [0, 0.05) is 28.0 Å². The smallest absolute Gasteiger partial charge is 0.243 e. The van der Waals surface area contributed by atoms with Crippen molar-refractivity contribution < 1.29 is 45.8 Å².